The number of hydrogen-bond donors (Lipinski definition) is 2. The number of carboxylic acids is 2. The Morgan fingerprint density at radius 2 is 1.34 bits per heavy atom. The molecule has 0 spiro atoms. The maximum absolute atomic E-state index is 11.4. The molecule has 0 saturated heterocycles. The molecule has 0 unspecified atom stereocenters. The molecule has 0 aromatic heterocycles. The highest BCUT2D eigenvalue weighted by molar-refractivity contribution is 5.94. The Bertz CT molecular complexity index is 922. The van der Waals surface area contributed by atoms with E-state index >= 15 is 0 Å². The number of ether oxygens (including phenoxy) is 3. The van der Waals surface area contributed by atoms with Gasteiger partial charge in [-0.15, -0.1) is 0 Å². The van der Waals surface area contributed by atoms with Crippen LogP contribution in [0.5, 0.6) is 17.2 Å². The lowest BCUT2D eigenvalue weighted by atomic mass is 10.1. The maximum Gasteiger partial charge on any atom is 0.335 e. The zero-order chi connectivity index (χ0) is 25.6. The van der Waals surface area contributed by atoms with Gasteiger partial charge in [0.2, 0.25) is 0 Å². The number of hydrogen-bond acceptors (Lipinski definition) is 5. The monoisotopic (exact) mass is 486 g/mol. The summed E-state index contributed by atoms with van der Waals surface area (Å²) in [7, 11) is 0. The molecule has 0 heterocycles. The van der Waals surface area contributed by atoms with Gasteiger partial charge < -0.3 is 24.4 Å². The molecule has 2 rings (SSSR count). The Kier molecular flexibility index (Phi) is 11.9. The van der Waals surface area contributed by atoms with Gasteiger partial charge in [0, 0.05) is 6.07 Å². The minimum Gasteiger partial charge on any atom is -0.493 e. The van der Waals surface area contributed by atoms with Crippen LogP contribution in [0.25, 0.3) is 0 Å². The van der Waals surface area contributed by atoms with Gasteiger partial charge >= 0.3 is 11.9 Å². The molecule has 0 aliphatic carbocycles. The van der Waals surface area contributed by atoms with E-state index in [4.69, 9.17) is 14.2 Å². The Balaban J connectivity index is 2.16. The number of unbranched alkanes of at least 4 members (excludes halogenated alkanes) is 5. The Morgan fingerprint density at radius 3 is 1.97 bits per heavy atom. The zero-order valence-corrected chi connectivity index (χ0v) is 21.0. The Hall–Kier alpha value is -3.22. The number of carbonyl (C=O) groups is 2. The van der Waals surface area contributed by atoms with Gasteiger partial charge in [0.1, 0.15) is 23.9 Å². The Labute approximate surface area is 208 Å². The minimum absolute atomic E-state index is 0.0560. The zero-order valence-electron chi connectivity index (χ0n) is 21.0. The van der Waals surface area contributed by atoms with Crippen LogP contribution in [0.4, 0.5) is 0 Å². The number of benzene rings is 2. The second kappa shape index (κ2) is 14.9. The fourth-order valence-corrected chi connectivity index (χ4v) is 3.65. The molecule has 0 aliphatic rings. The van der Waals surface area contributed by atoms with Crippen LogP contribution in [-0.4, -0.2) is 34.9 Å². The van der Waals surface area contributed by atoms with Crippen LogP contribution in [0.1, 0.15) is 98.4 Å². The third-order valence-corrected chi connectivity index (χ3v) is 5.56. The van der Waals surface area contributed by atoms with Crippen molar-refractivity contribution in [2.75, 3.05) is 6.61 Å². The summed E-state index contributed by atoms with van der Waals surface area (Å²) in [6, 6.07) is 9.36. The topological polar surface area (TPSA) is 102 Å². The first-order valence-electron chi connectivity index (χ1n) is 12.5. The van der Waals surface area contributed by atoms with Crippen molar-refractivity contribution in [3.8, 4) is 17.2 Å². The molecule has 2 aromatic carbocycles. The standard InChI is InChI=1S/C28H38O7/c1-4-6-8-10-12-33-24-13-21(14-26(18-24)35-20(3)11-9-7-5-2)19-34-25-16-22(27(29)30)15-23(17-25)28(31)32/h13-18,20H,4-12,19H2,1-3H3,(H,29,30)(H,31,32)/t20-/m0/s1. The summed E-state index contributed by atoms with van der Waals surface area (Å²) in [5.41, 5.74) is 0.493. The third-order valence-electron chi connectivity index (χ3n) is 5.56. The molecule has 0 saturated carbocycles. The number of rotatable bonds is 17. The molecular formula is C28H38O7. The van der Waals surface area contributed by atoms with E-state index < -0.39 is 11.9 Å². The van der Waals surface area contributed by atoms with E-state index in [2.05, 4.69) is 20.8 Å². The van der Waals surface area contributed by atoms with E-state index in [0.29, 0.717) is 18.1 Å². The lowest BCUT2D eigenvalue weighted by Gasteiger charge is -2.17. The SMILES string of the molecule is CCCCCCOc1cc(COc2cc(C(=O)O)cc(C(=O)O)c2)cc(O[C@@H](C)CCCCC)c1. The average Bonchev–Trinajstić information content (AvgIpc) is 2.82. The van der Waals surface area contributed by atoms with Crippen LogP contribution in [0.3, 0.4) is 0 Å². The second-order valence-electron chi connectivity index (χ2n) is 8.79. The van der Waals surface area contributed by atoms with Crippen LogP contribution < -0.4 is 14.2 Å². The van der Waals surface area contributed by atoms with E-state index in [1.807, 2.05) is 18.2 Å². The minimum atomic E-state index is -1.22. The fourth-order valence-electron chi connectivity index (χ4n) is 3.65. The first kappa shape index (κ1) is 28.0. The first-order chi connectivity index (χ1) is 16.8. The molecular weight excluding hydrogens is 448 g/mol. The summed E-state index contributed by atoms with van der Waals surface area (Å²) in [5, 5.41) is 18.6. The van der Waals surface area contributed by atoms with Crippen molar-refractivity contribution in [3.63, 3.8) is 0 Å². The van der Waals surface area contributed by atoms with Crippen molar-refractivity contribution in [2.24, 2.45) is 0 Å². The number of carboxylic acid groups (broad SMARTS) is 2. The van der Waals surface area contributed by atoms with Gasteiger partial charge in [-0.3, -0.25) is 0 Å². The van der Waals surface area contributed by atoms with Gasteiger partial charge in [-0.05, 0) is 62.1 Å². The van der Waals surface area contributed by atoms with Gasteiger partial charge in [-0.2, -0.15) is 0 Å². The lowest BCUT2D eigenvalue weighted by Crippen LogP contribution is -2.12. The Morgan fingerprint density at radius 1 is 0.743 bits per heavy atom. The van der Waals surface area contributed by atoms with Gasteiger partial charge in [0.15, 0.2) is 0 Å². The molecule has 0 radical (unpaired) electrons. The number of aromatic carboxylic acids is 2. The van der Waals surface area contributed by atoms with E-state index in [0.717, 1.165) is 50.2 Å². The van der Waals surface area contributed by atoms with Crippen LogP contribution in [0.15, 0.2) is 36.4 Å². The third kappa shape index (κ3) is 10.3. The van der Waals surface area contributed by atoms with Gasteiger partial charge in [0.25, 0.3) is 0 Å². The quantitative estimate of drug-likeness (QED) is 0.233. The smallest absolute Gasteiger partial charge is 0.335 e. The van der Waals surface area contributed by atoms with Crippen molar-refractivity contribution >= 4 is 11.9 Å². The molecule has 0 bridgehead atoms. The van der Waals surface area contributed by atoms with Gasteiger partial charge in [-0.25, -0.2) is 9.59 Å². The molecule has 7 heteroatoms. The van der Waals surface area contributed by atoms with Crippen molar-refractivity contribution in [3.05, 3.63) is 53.1 Å². The maximum atomic E-state index is 11.4. The molecule has 2 aromatic rings. The average molecular weight is 487 g/mol. The molecule has 0 amide bonds. The van der Waals surface area contributed by atoms with Crippen LogP contribution in [-0.2, 0) is 6.61 Å². The summed E-state index contributed by atoms with van der Waals surface area (Å²) in [5.74, 6) is -0.898. The summed E-state index contributed by atoms with van der Waals surface area (Å²) < 4.78 is 17.9. The molecule has 192 valence electrons. The van der Waals surface area contributed by atoms with Crippen LogP contribution in [0, 0.1) is 0 Å². The summed E-state index contributed by atoms with van der Waals surface area (Å²) in [4.78, 5) is 22.7. The molecule has 7 nitrogen and oxygen atoms in total. The van der Waals surface area contributed by atoms with Crippen molar-refractivity contribution in [2.45, 2.75) is 84.8 Å². The highest BCUT2D eigenvalue weighted by Gasteiger charge is 2.13. The predicted molar refractivity (Wildman–Crippen MR) is 135 cm³/mol. The molecule has 0 aliphatic heterocycles. The highest BCUT2D eigenvalue weighted by atomic mass is 16.5. The predicted octanol–water partition coefficient (Wildman–Crippen LogP) is 6.97. The lowest BCUT2D eigenvalue weighted by molar-refractivity contribution is 0.0696. The normalized spacial score (nSPS) is 11.6. The second-order valence-corrected chi connectivity index (χ2v) is 8.79. The van der Waals surface area contributed by atoms with Crippen LogP contribution in [0.2, 0.25) is 0 Å². The largest absolute Gasteiger partial charge is 0.493 e. The highest BCUT2D eigenvalue weighted by Crippen LogP contribution is 2.27. The van der Waals surface area contributed by atoms with E-state index in [9.17, 15) is 19.8 Å². The fraction of sp³-hybridized carbons (Fsp3) is 0.500. The van der Waals surface area contributed by atoms with Crippen LogP contribution >= 0.6 is 0 Å². The van der Waals surface area contributed by atoms with Crippen molar-refractivity contribution in [1.29, 1.82) is 0 Å². The molecule has 0 fully saturated rings. The summed E-state index contributed by atoms with van der Waals surface area (Å²) >= 11 is 0. The summed E-state index contributed by atoms with van der Waals surface area (Å²) in [6.07, 6.45) is 8.86. The molecule has 2 N–H and O–H groups in total. The van der Waals surface area contributed by atoms with E-state index in [1.165, 1.54) is 25.0 Å². The van der Waals surface area contributed by atoms with Crippen molar-refractivity contribution in [1.82, 2.24) is 0 Å². The van der Waals surface area contributed by atoms with Gasteiger partial charge in [0.05, 0.1) is 23.8 Å². The first-order valence-corrected chi connectivity index (χ1v) is 12.5. The van der Waals surface area contributed by atoms with E-state index in [-0.39, 0.29) is 29.6 Å². The van der Waals surface area contributed by atoms with Gasteiger partial charge in [-0.1, -0.05) is 46.0 Å². The molecule has 35 heavy (non-hydrogen) atoms. The van der Waals surface area contributed by atoms with E-state index in [1.54, 1.807) is 0 Å². The summed E-state index contributed by atoms with van der Waals surface area (Å²) in [6.45, 7) is 7.11. The van der Waals surface area contributed by atoms with Crippen molar-refractivity contribution < 1.29 is 34.0 Å². The molecule has 1 atom stereocenters.